The van der Waals surface area contributed by atoms with Gasteiger partial charge in [0, 0.05) is 38.2 Å². The average molecular weight is 669 g/mol. The van der Waals surface area contributed by atoms with E-state index in [1.807, 2.05) is 5.32 Å². The zero-order valence-electron chi connectivity index (χ0n) is 25.7. The topological polar surface area (TPSA) is 378 Å². The number of aliphatic hydroxyl groups is 1. The lowest BCUT2D eigenvalue weighted by Crippen LogP contribution is -2.64. The quantitative estimate of drug-likeness (QED) is 0.102. The summed E-state index contributed by atoms with van der Waals surface area (Å²) in [6.45, 7) is 0.648. The lowest BCUT2D eigenvalue weighted by molar-refractivity contribution is -0.134. The monoisotopic (exact) mass is 668 g/mol. The fourth-order valence-electron chi connectivity index (χ4n) is 4.44. The molecule has 22 heteroatoms. The number of carbonyl (C=O) groups is 7. The Morgan fingerprint density at radius 2 is 1.74 bits per heavy atom. The molecular formula is C25H44N14O8. The van der Waals surface area contributed by atoms with Crippen molar-refractivity contribution < 1.29 is 38.7 Å². The Balaban J connectivity index is 2.50. The summed E-state index contributed by atoms with van der Waals surface area (Å²) in [4.78, 5) is 94.0. The number of nitrogens with zero attached hydrogens (tertiary/aromatic N) is 1. The van der Waals surface area contributed by atoms with Crippen LogP contribution in [-0.4, -0.2) is 115 Å². The highest BCUT2D eigenvalue weighted by molar-refractivity contribution is 6.02. The third-order valence-electron chi connectivity index (χ3n) is 6.90. The van der Waals surface area contributed by atoms with Crippen molar-refractivity contribution in [3.05, 3.63) is 11.9 Å². The van der Waals surface area contributed by atoms with E-state index >= 15 is 0 Å². The van der Waals surface area contributed by atoms with Crippen LogP contribution >= 0.6 is 0 Å². The number of aliphatic hydroxyl groups excluding tert-OH is 1. The molecule has 19 N–H and O–H groups in total. The van der Waals surface area contributed by atoms with Gasteiger partial charge < -0.3 is 76.3 Å². The number of urea groups is 1. The first-order valence-electron chi connectivity index (χ1n) is 14.6. The van der Waals surface area contributed by atoms with E-state index in [1.54, 1.807) is 0 Å². The Bertz CT molecular complexity index is 1260. The predicted octanol–water partition coefficient (Wildman–Crippen LogP) is -7.89. The van der Waals surface area contributed by atoms with Gasteiger partial charge in [-0.3, -0.25) is 28.8 Å². The van der Waals surface area contributed by atoms with E-state index in [1.165, 1.54) is 6.92 Å². The third kappa shape index (κ3) is 12.3. The van der Waals surface area contributed by atoms with Gasteiger partial charge in [0.15, 0.2) is 12.2 Å². The van der Waals surface area contributed by atoms with Crippen LogP contribution < -0.4 is 71.2 Å². The summed E-state index contributed by atoms with van der Waals surface area (Å²) in [6, 6.07) is -8.52. The normalized spacial score (nSPS) is 27.9. The van der Waals surface area contributed by atoms with Crippen LogP contribution in [0.25, 0.3) is 0 Å². The molecule has 2 rings (SSSR count). The van der Waals surface area contributed by atoms with Gasteiger partial charge in [0.25, 0.3) is 5.91 Å². The summed E-state index contributed by atoms with van der Waals surface area (Å²) in [5.41, 5.74) is 27.4. The van der Waals surface area contributed by atoms with Gasteiger partial charge in [0.1, 0.15) is 29.9 Å². The van der Waals surface area contributed by atoms with Crippen LogP contribution in [0.4, 0.5) is 4.79 Å². The molecule has 47 heavy (non-hydrogen) atoms. The number of carbonyl (C=O) groups excluding carboxylic acids is 7. The molecule has 0 aromatic rings. The maximum Gasteiger partial charge on any atom is 0.316 e. The summed E-state index contributed by atoms with van der Waals surface area (Å²) >= 11 is 0. The molecule has 0 saturated carbocycles. The Labute approximate surface area is 269 Å². The van der Waals surface area contributed by atoms with Gasteiger partial charge >= 0.3 is 6.03 Å². The average Bonchev–Trinajstić information content (AvgIpc) is 2.99. The largest absolute Gasteiger partial charge is 0.372 e. The highest BCUT2D eigenvalue weighted by Gasteiger charge is 2.37. The van der Waals surface area contributed by atoms with Gasteiger partial charge in [-0.05, 0) is 26.3 Å². The van der Waals surface area contributed by atoms with E-state index < -0.39 is 103 Å². The predicted molar refractivity (Wildman–Crippen MR) is 164 cm³/mol. The molecule has 0 aromatic carbocycles. The second-order valence-corrected chi connectivity index (χ2v) is 10.8. The molecule has 8 amide bonds. The summed E-state index contributed by atoms with van der Waals surface area (Å²) in [5, 5.41) is 29.1. The van der Waals surface area contributed by atoms with Crippen molar-refractivity contribution in [2.45, 2.75) is 75.1 Å². The zero-order valence-corrected chi connectivity index (χ0v) is 25.7. The van der Waals surface area contributed by atoms with Crippen molar-refractivity contribution in [3.8, 4) is 0 Å². The van der Waals surface area contributed by atoms with Crippen LogP contribution in [0.5, 0.6) is 0 Å². The lowest BCUT2D eigenvalue weighted by Gasteiger charge is -2.33. The molecule has 1 unspecified atom stereocenters. The van der Waals surface area contributed by atoms with Crippen molar-refractivity contribution in [2.24, 2.45) is 33.7 Å². The zero-order chi connectivity index (χ0) is 35.3. The smallest absolute Gasteiger partial charge is 0.316 e. The molecule has 22 nitrogen and oxygen atoms in total. The molecule has 1 saturated heterocycles. The Morgan fingerprint density at radius 1 is 1.04 bits per heavy atom. The first kappa shape index (κ1) is 38.1. The third-order valence-corrected chi connectivity index (χ3v) is 6.90. The van der Waals surface area contributed by atoms with Crippen LogP contribution in [0, 0.1) is 0 Å². The number of primary amides is 1. The minimum Gasteiger partial charge on any atom is -0.372 e. The molecule has 262 valence electrons. The fourth-order valence-corrected chi connectivity index (χ4v) is 4.44. The number of amides is 8. The molecular weight excluding hydrogens is 624 g/mol. The van der Waals surface area contributed by atoms with Crippen LogP contribution in [0.15, 0.2) is 16.9 Å². The molecule has 0 radical (unpaired) electrons. The highest BCUT2D eigenvalue weighted by atomic mass is 16.3. The van der Waals surface area contributed by atoms with E-state index in [-0.39, 0.29) is 18.8 Å². The van der Waals surface area contributed by atoms with E-state index in [0.29, 0.717) is 19.4 Å². The molecule has 7 atom stereocenters. The van der Waals surface area contributed by atoms with Crippen molar-refractivity contribution in [2.75, 3.05) is 19.6 Å². The summed E-state index contributed by atoms with van der Waals surface area (Å²) < 4.78 is 0. The Kier molecular flexibility index (Phi) is 14.7. The lowest BCUT2D eigenvalue weighted by atomic mass is 10.0. The van der Waals surface area contributed by atoms with Crippen molar-refractivity contribution in [1.29, 1.82) is 0 Å². The van der Waals surface area contributed by atoms with Gasteiger partial charge in [-0.15, -0.1) is 0 Å². The van der Waals surface area contributed by atoms with E-state index in [0.717, 1.165) is 6.20 Å². The molecule has 0 spiro atoms. The molecule has 0 aromatic heterocycles. The number of hydrogen-bond acceptors (Lipinski definition) is 14. The molecule has 2 aliphatic heterocycles. The minimum atomic E-state index is -1.57. The van der Waals surface area contributed by atoms with Gasteiger partial charge in [0.05, 0.1) is 6.04 Å². The second-order valence-electron chi connectivity index (χ2n) is 10.8. The number of nitrogens with one attached hydrogen (secondary N) is 8. The molecule has 0 aliphatic carbocycles. The number of guanidine groups is 1. The number of hydrogen-bond donors (Lipinski definition) is 14. The maximum atomic E-state index is 13.6. The summed E-state index contributed by atoms with van der Waals surface area (Å²) in [7, 11) is 0. The van der Waals surface area contributed by atoms with Crippen molar-refractivity contribution in [3.63, 3.8) is 0 Å². The number of nitrogens with two attached hydrogens (primary N) is 5. The fraction of sp³-hybridized carbons (Fsp3) is 0.600. The van der Waals surface area contributed by atoms with Crippen molar-refractivity contribution >= 4 is 47.4 Å². The molecule has 2 aliphatic rings. The minimum absolute atomic E-state index is 0.184. The molecule has 1 fully saturated rings. The first-order valence-corrected chi connectivity index (χ1v) is 14.6. The van der Waals surface area contributed by atoms with Crippen LogP contribution in [-0.2, 0) is 28.8 Å². The van der Waals surface area contributed by atoms with Crippen molar-refractivity contribution in [1.82, 2.24) is 42.5 Å². The Hall–Kier alpha value is -5.06. The molecule has 2 heterocycles. The van der Waals surface area contributed by atoms with Crippen LogP contribution in [0.2, 0.25) is 0 Å². The van der Waals surface area contributed by atoms with Gasteiger partial charge in [-0.25, -0.2) is 9.79 Å². The Morgan fingerprint density at radius 3 is 2.36 bits per heavy atom. The van der Waals surface area contributed by atoms with Gasteiger partial charge in [-0.1, -0.05) is 0 Å². The summed E-state index contributed by atoms with van der Waals surface area (Å²) in [6.07, 6.45) is -0.0429. The molecule has 0 bridgehead atoms. The van der Waals surface area contributed by atoms with Gasteiger partial charge in [-0.2, -0.15) is 0 Å². The van der Waals surface area contributed by atoms with Crippen LogP contribution in [0.3, 0.4) is 0 Å². The van der Waals surface area contributed by atoms with E-state index in [2.05, 4.69) is 42.2 Å². The standard InChI is InChI=1S/C25H44N14O8/c1-10-19(42)35-13(7-27)20(43)36-15(9-32-25(30)47)22(45)39-18(12-6-17(41)38-24(29)37-12)23(46)31-8-14(21(44)33-10)34-16(40)5-11(28)3-2-4-26/h9-14,17-18,41H,2-8,26-28H2,1H3,(H,31,46)(H,33,44)(H,34,40)(H,35,42)(H,36,43)(H,39,45)(H3,29,37,38)(H3,30,32,47)/b15-9+/t10-,11-,12?,13-,14-,17+,18-/m0/s1. The van der Waals surface area contributed by atoms with Crippen LogP contribution in [0.1, 0.15) is 32.6 Å². The number of rotatable bonds is 9. The van der Waals surface area contributed by atoms with E-state index in [4.69, 9.17) is 28.7 Å². The van der Waals surface area contributed by atoms with E-state index in [9.17, 15) is 38.7 Å². The first-order chi connectivity index (χ1) is 22.1. The maximum absolute atomic E-state index is 13.6. The SMILES string of the molecule is C[C@@H]1NC(=O)[C@@H](NC(=O)C[C@@H](N)CCCN)CNC(=O)[C@H](C2C[C@@H](O)N=C(N)N2)NC(=O)/C(=C\NC(N)=O)NC(=O)[C@H](CN)NC1=O. The second kappa shape index (κ2) is 18.2. The number of aliphatic imine (C=N–C) groups is 1. The summed E-state index contributed by atoms with van der Waals surface area (Å²) in [5.74, 6) is -5.73. The van der Waals surface area contributed by atoms with Gasteiger partial charge in [0.2, 0.25) is 29.5 Å². The highest BCUT2D eigenvalue weighted by Crippen LogP contribution is 2.11.